The Morgan fingerprint density at radius 3 is 2.53 bits per heavy atom. The van der Waals surface area contributed by atoms with E-state index < -0.39 is 21.8 Å². The minimum Gasteiger partial charge on any atom is -0.481 e. The number of hydrogen-bond acceptors (Lipinski definition) is 4. The molecule has 0 radical (unpaired) electrons. The van der Waals surface area contributed by atoms with E-state index >= 15 is 0 Å². The van der Waals surface area contributed by atoms with Gasteiger partial charge in [0, 0.05) is 27.9 Å². The van der Waals surface area contributed by atoms with Crippen LogP contribution < -0.4 is 0 Å². The maximum atomic E-state index is 13.8. The average molecular weight is 464 g/mol. The lowest BCUT2D eigenvalue weighted by Crippen LogP contribution is -2.10. The highest BCUT2D eigenvalue weighted by Gasteiger charge is 2.24. The van der Waals surface area contributed by atoms with E-state index in [1.165, 1.54) is 30.5 Å². The predicted octanol–water partition coefficient (Wildman–Crippen LogP) is 5.42. The van der Waals surface area contributed by atoms with Crippen LogP contribution in [0.3, 0.4) is 0 Å². The third kappa shape index (κ3) is 3.86. The lowest BCUT2D eigenvalue weighted by atomic mass is 10.1. The van der Waals surface area contributed by atoms with Crippen LogP contribution in [0.4, 0.5) is 4.39 Å². The molecule has 0 unspecified atom stereocenters. The second-order valence-corrected chi connectivity index (χ2v) is 10.2. The van der Waals surface area contributed by atoms with Gasteiger partial charge in [-0.05, 0) is 60.0 Å². The molecule has 0 aliphatic carbocycles. The van der Waals surface area contributed by atoms with Crippen LogP contribution in [0.25, 0.3) is 21.3 Å². The molecule has 30 heavy (non-hydrogen) atoms. The number of aliphatic carboxylic acids is 1. The summed E-state index contributed by atoms with van der Waals surface area (Å²) in [6, 6.07) is 14.1. The van der Waals surface area contributed by atoms with Crippen molar-refractivity contribution in [3.8, 4) is 10.4 Å². The maximum Gasteiger partial charge on any atom is 0.303 e. The summed E-state index contributed by atoms with van der Waals surface area (Å²) < 4.78 is 41.6. The molecule has 154 valence electrons. The number of halogens is 2. The lowest BCUT2D eigenvalue weighted by Gasteiger charge is -2.05. The Hall–Kier alpha value is -2.68. The normalized spacial score (nSPS) is 11.8. The van der Waals surface area contributed by atoms with E-state index in [1.807, 2.05) is 12.1 Å². The molecule has 5 nitrogen and oxygen atoms in total. The number of thiophene rings is 1. The zero-order valence-corrected chi connectivity index (χ0v) is 17.8. The fourth-order valence-corrected chi connectivity index (χ4v) is 6.12. The fourth-order valence-electron chi connectivity index (χ4n) is 3.20. The Morgan fingerprint density at radius 1 is 1.10 bits per heavy atom. The first-order chi connectivity index (χ1) is 14.3. The van der Waals surface area contributed by atoms with Crippen LogP contribution >= 0.6 is 22.9 Å². The van der Waals surface area contributed by atoms with E-state index in [0.717, 1.165) is 25.7 Å². The van der Waals surface area contributed by atoms with Gasteiger partial charge in [0.25, 0.3) is 10.0 Å². The summed E-state index contributed by atoms with van der Waals surface area (Å²) >= 11 is 7.02. The van der Waals surface area contributed by atoms with Crippen molar-refractivity contribution < 1.29 is 22.7 Å². The molecule has 1 N–H and O–H groups in total. The van der Waals surface area contributed by atoms with Gasteiger partial charge in [-0.15, -0.1) is 11.3 Å². The molecule has 0 amide bonds. The number of carboxylic acids is 1. The molecule has 9 heteroatoms. The quantitative estimate of drug-likeness (QED) is 0.414. The monoisotopic (exact) mass is 463 g/mol. The van der Waals surface area contributed by atoms with Crippen LogP contribution in [0, 0.1) is 5.82 Å². The highest BCUT2D eigenvalue weighted by Crippen LogP contribution is 2.34. The average Bonchev–Trinajstić information content (AvgIpc) is 3.33. The molecule has 0 spiro atoms. The second-order valence-electron chi connectivity index (χ2n) is 6.64. The van der Waals surface area contributed by atoms with Crippen molar-refractivity contribution in [1.29, 1.82) is 0 Å². The zero-order chi connectivity index (χ0) is 21.5. The Morgan fingerprint density at radius 2 is 1.83 bits per heavy atom. The molecule has 0 bridgehead atoms. The van der Waals surface area contributed by atoms with Crippen LogP contribution in [0.5, 0.6) is 0 Å². The van der Waals surface area contributed by atoms with Crippen LogP contribution in [-0.2, 0) is 21.2 Å². The molecule has 0 aliphatic heterocycles. The number of aryl methyl sites for hydroxylation is 1. The first kappa shape index (κ1) is 20.6. The van der Waals surface area contributed by atoms with Gasteiger partial charge in [-0.1, -0.05) is 23.7 Å². The predicted molar refractivity (Wildman–Crippen MR) is 115 cm³/mol. The number of nitrogens with zero attached hydrogens (tertiary/aromatic N) is 1. The molecule has 4 aromatic rings. The number of fused-ring (bicyclic) bond motifs is 1. The van der Waals surface area contributed by atoms with Crippen LogP contribution in [0.1, 0.15) is 12.0 Å². The van der Waals surface area contributed by atoms with Crippen molar-refractivity contribution in [3.63, 3.8) is 0 Å². The third-order valence-corrected chi connectivity index (χ3v) is 8.17. The minimum absolute atomic E-state index is 0.0955. The van der Waals surface area contributed by atoms with Gasteiger partial charge in [0.05, 0.1) is 5.52 Å². The second kappa shape index (κ2) is 7.86. The van der Waals surface area contributed by atoms with Crippen LogP contribution in [-0.4, -0.2) is 23.5 Å². The smallest absolute Gasteiger partial charge is 0.303 e. The van der Waals surface area contributed by atoms with Crippen LogP contribution in [0.15, 0.2) is 65.0 Å². The van der Waals surface area contributed by atoms with Gasteiger partial charge in [-0.25, -0.2) is 8.36 Å². The van der Waals surface area contributed by atoms with Gasteiger partial charge in [0.2, 0.25) is 0 Å². The molecule has 0 atom stereocenters. The van der Waals surface area contributed by atoms with Crippen molar-refractivity contribution in [2.24, 2.45) is 0 Å². The van der Waals surface area contributed by atoms with Gasteiger partial charge in [0.15, 0.2) is 0 Å². The van der Waals surface area contributed by atoms with Gasteiger partial charge in [-0.2, -0.15) is 8.42 Å². The van der Waals surface area contributed by atoms with Gasteiger partial charge < -0.3 is 5.11 Å². The molecule has 0 fully saturated rings. The lowest BCUT2D eigenvalue weighted by molar-refractivity contribution is -0.136. The number of rotatable bonds is 6. The summed E-state index contributed by atoms with van der Waals surface area (Å²) in [5.74, 6) is -1.53. The Labute approximate surface area is 181 Å². The topological polar surface area (TPSA) is 76.4 Å². The highest BCUT2D eigenvalue weighted by atomic mass is 35.5. The zero-order valence-electron chi connectivity index (χ0n) is 15.4. The Balaban J connectivity index is 1.79. The van der Waals surface area contributed by atoms with Crippen molar-refractivity contribution in [3.05, 3.63) is 77.2 Å². The largest absolute Gasteiger partial charge is 0.481 e. The van der Waals surface area contributed by atoms with Crippen molar-refractivity contribution in [2.75, 3.05) is 0 Å². The van der Waals surface area contributed by atoms with Gasteiger partial charge >= 0.3 is 5.97 Å². The number of hydrogen-bond donors (Lipinski definition) is 1. The number of carbonyl (C=O) groups is 1. The summed E-state index contributed by atoms with van der Waals surface area (Å²) in [4.78, 5) is 11.7. The van der Waals surface area contributed by atoms with E-state index in [-0.39, 0.29) is 17.1 Å². The minimum atomic E-state index is -3.95. The molecule has 2 aromatic carbocycles. The molecule has 2 heterocycles. The molecule has 0 aliphatic rings. The van der Waals surface area contributed by atoms with Crippen molar-refractivity contribution in [1.82, 2.24) is 3.97 Å². The summed E-state index contributed by atoms with van der Waals surface area (Å²) in [5, 5.41) is 9.94. The molecule has 0 saturated carbocycles. The molecule has 2 aromatic heterocycles. The summed E-state index contributed by atoms with van der Waals surface area (Å²) in [5.41, 5.74) is 1.61. The first-order valence-electron chi connectivity index (χ1n) is 8.88. The molecule has 0 saturated heterocycles. The first-order valence-corrected chi connectivity index (χ1v) is 11.5. The summed E-state index contributed by atoms with van der Waals surface area (Å²) in [7, 11) is -3.95. The summed E-state index contributed by atoms with van der Waals surface area (Å²) in [6.45, 7) is 0. The fraction of sp³-hybridized carbons (Fsp3) is 0.0952. The standard InChI is InChI=1S/C21H15ClFNO4S2/c22-15-4-1-13(2-5-15)19-8-10-21(29-19)30(27,28)24-12-14(3-9-20(25)26)17-11-16(23)6-7-18(17)24/h1-2,4-8,10-12H,3,9H2,(H,25,26). The number of aromatic nitrogens is 1. The SMILES string of the molecule is O=C(O)CCc1cn(S(=O)(=O)c2ccc(-c3ccc(Cl)cc3)s2)c2ccc(F)cc12. The van der Waals surface area contributed by atoms with Crippen molar-refractivity contribution in [2.45, 2.75) is 17.1 Å². The number of carboxylic acid groups (broad SMARTS) is 1. The van der Waals surface area contributed by atoms with E-state index in [1.54, 1.807) is 18.2 Å². The van der Waals surface area contributed by atoms with E-state index in [2.05, 4.69) is 0 Å². The van der Waals surface area contributed by atoms with E-state index in [4.69, 9.17) is 16.7 Å². The summed E-state index contributed by atoms with van der Waals surface area (Å²) in [6.07, 6.45) is 1.29. The molecular formula is C21H15ClFNO4S2. The van der Waals surface area contributed by atoms with Crippen molar-refractivity contribution >= 4 is 49.8 Å². The van der Waals surface area contributed by atoms with Crippen LogP contribution in [0.2, 0.25) is 5.02 Å². The Bertz CT molecular complexity index is 1360. The number of benzene rings is 2. The Kier molecular flexibility index (Phi) is 5.40. The van der Waals surface area contributed by atoms with Gasteiger partial charge in [-0.3, -0.25) is 4.79 Å². The highest BCUT2D eigenvalue weighted by molar-refractivity contribution is 7.92. The van der Waals surface area contributed by atoms with Gasteiger partial charge in [0.1, 0.15) is 10.0 Å². The third-order valence-electron chi connectivity index (χ3n) is 4.65. The van der Waals surface area contributed by atoms with E-state index in [9.17, 15) is 17.6 Å². The molecule has 4 rings (SSSR count). The maximum absolute atomic E-state index is 13.8. The molecular weight excluding hydrogens is 449 g/mol. The van der Waals surface area contributed by atoms with E-state index in [0.29, 0.717) is 21.5 Å².